The summed E-state index contributed by atoms with van der Waals surface area (Å²) in [6.07, 6.45) is 0. The Kier molecular flexibility index (Phi) is 5.66. The van der Waals surface area contributed by atoms with Crippen molar-refractivity contribution in [2.24, 2.45) is 5.41 Å². The quantitative estimate of drug-likeness (QED) is 0.551. The molecule has 0 heterocycles. The van der Waals surface area contributed by atoms with Gasteiger partial charge in [-0.15, -0.1) is 16.9 Å². The minimum Gasteiger partial charge on any atom is -0.159 e. The Morgan fingerprint density at radius 2 is 1.75 bits per heavy atom. The normalized spacial score (nSPS) is 10.5. The highest BCUT2D eigenvalue weighted by atomic mass is 35.5. The zero-order valence-corrected chi connectivity index (χ0v) is 6.31. The smallest absolute Gasteiger partial charge is 0.0308 e. The number of hydrogen-bond donors (Lipinski definition) is 1. The summed E-state index contributed by atoms with van der Waals surface area (Å²) < 4.78 is 11.2. The molecule has 52 valence electrons. The van der Waals surface area contributed by atoms with E-state index in [0.717, 1.165) is 0 Å². The van der Waals surface area contributed by atoms with Crippen molar-refractivity contribution in [3.05, 3.63) is 0 Å². The summed E-state index contributed by atoms with van der Waals surface area (Å²) >= 11 is 0. The van der Waals surface area contributed by atoms with E-state index in [1.165, 1.54) is 0 Å². The van der Waals surface area contributed by atoms with Gasteiger partial charge in [-0.25, -0.2) is 0 Å². The standard InChI is InChI=1S/C5H12FN.ClH/c1-5(2,3)4-7-6;/h7H,4H2,1-3H3;1H. The summed E-state index contributed by atoms with van der Waals surface area (Å²) in [4.78, 5) is 0. The Morgan fingerprint density at radius 3 is 1.75 bits per heavy atom. The zero-order chi connectivity index (χ0) is 5.91. The first-order chi connectivity index (χ1) is 3.06. The van der Waals surface area contributed by atoms with E-state index in [9.17, 15) is 4.48 Å². The maximum absolute atomic E-state index is 11.2. The molecule has 0 saturated heterocycles. The summed E-state index contributed by atoms with van der Waals surface area (Å²) in [6.45, 7) is 6.34. The van der Waals surface area contributed by atoms with Crippen molar-refractivity contribution < 1.29 is 4.48 Å². The third-order valence-electron chi connectivity index (χ3n) is 0.597. The fourth-order valence-corrected chi connectivity index (χ4v) is 0.200. The molecular weight excluding hydrogens is 129 g/mol. The molecule has 0 aromatic heterocycles. The first-order valence-corrected chi connectivity index (χ1v) is 2.40. The maximum atomic E-state index is 11.2. The Morgan fingerprint density at radius 1 is 1.38 bits per heavy atom. The highest BCUT2D eigenvalue weighted by molar-refractivity contribution is 5.85. The van der Waals surface area contributed by atoms with Crippen molar-refractivity contribution in [1.29, 1.82) is 0 Å². The van der Waals surface area contributed by atoms with Crippen LogP contribution >= 0.6 is 12.4 Å². The van der Waals surface area contributed by atoms with Gasteiger partial charge < -0.3 is 0 Å². The molecule has 0 aliphatic carbocycles. The summed E-state index contributed by atoms with van der Waals surface area (Å²) in [5.74, 6) is 0. The van der Waals surface area contributed by atoms with Gasteiger partial charge >= 0.3 is 0 Å². The molecule has 0 atom stereocenters. The molecule has 0 radical (unpaired) electrons. The average Bonchev–Trinajstić information content (AvgIpc) is 1.30. The lowest BCUT2D eigenvalue weighted by Gasteiger charge is -2.14. The van der Waals surface area contributed by atoms with Crippen molar-refractivity contribution in [3.8, 4) is 0 Å². The predicted molar refractivity (Wildman–Crippen MR) is 35.8 cm³/mol. The van der Waals surface area contributed by atoms with E-state index in [1.807, 2.05) is 20.8 Å². The molecule has 1 N–H and O–H groups in total. The summed E-state index contributed by atoms with van der Waals surface area (Å²) in [5, 5.41) is 0. The number of nitrogens with one attached hydrogen (secondary N) is 1. The van der Waals surface area contributed by atoms with Crippen LogP contribution in [0.4, 0.5) is 4.48 Å². The van der Waals surface area contributed by atoms with E-state index in [0.29, 0.717) is 6.54 Å². The van der Waals surface area contributed by atoms with Gasteiger partial charge in [0, 0.05) is 6.54 Å². The van der Waals surface area contributed by atoms with Crippen LogP contribution in [0.5, 0.6) is 0 Å². The SMILES string of the molecule is CC(C)(C)CNF.Cl. The van der Waals surface area contributed by atoms with Crippen LogP contribution in [-0.2, 0) is 0 Å². The minimum atomic E-state index is 0. The van der Waals surface area contributed by atoms with Gasteiger partial charge in [-0.05, 0) is 5.41 Å². The lowest BCUT2D eigenvalue weighted by atomic mass is 9.98. The Labute approximate surface area is 56.0 Å². The number of hydrogen-bond acceptors (Lipinski definition) is 1. The number of rotatable bonds is 1. The molecule has 0 unspecified atom stereocenters. The minimum absolute atomic E-state index is 0. The molecule has 3 heteroatoms. The topological polar surface area (TPSA) is 12.0 Å². The average molecular weight is 142 g/mol. The monoisotopic (exact) mass is 141 g/mol. The lowest BCUT2D eigenvalue weighted by molar-refractivity contribution is 0.252. The van der Waals surface area contributed by atoms with Crippen molar-refractivity contribution in [2.45, 2.75) is 20.8 Å². The van der Waals surface area contributed by atoms with Gasteiger partial charge in [-0.1, -0.05) is 20.8 Å². The van der Waals surface area contributed by atoms with Crippen LogP contribution in [0.15, 0.2) is 0 Å². The molecule has 0 aliphatic heterocycles. The lowest BCUT2D eigenvalue weighted by Crippen LogP contribution is -2.20. The van der Waals surface area contributed by atoms with E-state index in [1.54, 1.807) is 5.54 Å². The highest BCUT2D eigenvalue weighted by Crippen LogP contribution is 2.09. The van der Waals surface area contributed by atoms with Crippen LogP contribution in [0.3, 0.4) is 0 Å². The molecule has 0 aromatic rings. The van der Waals surface area contributed by atoms with E-state index in [2.05, 4.69) is 0 Å². The summed E-state index contributed by atoms with van der Waals surface area (Å²) in [7, 11) is 0. The van der Waals surface area contributed by atoms with Crippen molar-refractivity contribution in [2.75, 3.05) is 6.54 Å². The number of halogens is 2. The van der Waals surface area contributed by atoms with Crippen LogP contribution in [0, 0.1) is 5.41 Å². The predicted octanol–water partition coefficient (Wildman–Crippen LogP) is 1.93. The summed E-state index contributed by atoms with van der Waals surface area (Å²) in [6, 6.07) is 0. The van der Waals surface area contributed by atoms with Gasteiger partial charge in [0.1, 0.15) is 0 Å². The second kappa shape index (κ2) is 4.10. The van der Waals surface area contributed by atoms with Crippen molar-refractivity contribution >= 4 is 12.4 Å². The summed E-state index contributed by atoms with van der Waals surface area (Å²) in [5.41, 5.74) is 1.67. The Balaban J connectivity index is 0. The molecule has 0 saturated carbocycles. The largest absolute Gasteiger partial charge is 0.159 e. The van der Waals surface area contributed by atoms with Gasteiger partial charge in [-0.2, -0.15) is 5.54 Å². The van der Waals surface area contributed by atoms with Gasteiger partial charge in [0.25, 0.3) is 0 Å². The van der Waals surface area contributed by atoms with E-state index in [-0.39, 0.29) is 17.8 Å². The molecule has 0 rings (SSSR count). The molecule has 0 aliphatic rings. The maximum Gasteiger partial charge on any atom is 0.0308 e. The molecule has 0 fully saturated rings. The van der Waals surface area contributed by atoms with Gasteiger partial charge in [-0.3, -0.25) is 0 Å². The molecular formula is C5H13ClFN. The first kappa shape index (κ1) is 11.0. The van der Waals surface area contributed by atoms with Crippen LogP contribution in [0.1, 0.15) is 20.8 Å². The van der Waals surface area contributed by atoms with Crippen LogP contribution < -0.4 is 5.54 Å². The Bertz CT molecular complexity index is 50.9. The fourth-order valence-electron chi connectivity index (χ4n) is 0.200. The van der Waals surface area contributed by atoms with Gasteiger partial charge in [0.05, 0.1) is 0 Å². The first-order valence-electron chi connectivity index (χ1n) is 2.40. The molecule has 0 aromatic carbocycles. The molecule has 8 heavy (non-hydrogen) atoms. The van der Waals surface area contributed by atoms with Crippen molar-refractivity contribution in [1.82, 2.24) is 5.54 Å². The fraction of sp³-hybridized carbons (Fsp3) is 1.00. The van der Waals surface area contributed by atoms with Gasteiger partial charge in [0.2, 0.25) is 0 Å². The second-order valence-electron chi connectivity index (χ2n) is 2.87. The van der Waals surface area contributed by atoms with Crippen LogP contribution in [0.25, 0.3) is 0 Å². The Hall–Kier alpha value is 0.180. The van der Waals surface area contributed by atoms with Crippen molar-refractivity contribution in [3.63, 3.8) is 0 Å². The van der Waals surface area contributed by atoms with Crippen LogP contribution in [0.2, 0.25) is 0 Å². The molecule has 0 spiro atoms. The molecule has 1 nitrogen and oxygen atoms in total. The molecule has 0 amide bonds. The third kappa shape index (κ3) is 9.49. The van der Waals surface area contributed by atoms with E-state index >= 15 is 0 Å². The van der Waals surface area contributed by atoms with E-state index in [4.69, 9.17) is 0 Å². The zero-order valence-electron chi connectivity index (χ0n) is 5.49. The molecule has 0 bridgehead atoms. The van der Waals surface area contributed by atoms with Crippen LogP contribution in [-0.4, -0.2) is 6.54 Å². The third-order valence-corrected chi connectivity index (χ3v) is 0.597. The van der Waals surface area contributed by atoms with Gasteiger partial charge in [0.15, 0.2) is 0 Å². The second-order valence-corrected chi connectivity index (χ2v) is 2.87. The highest BCUT2D eigenvalue weighted by Gasteiger charge is 2.07. The van der Waals surface area contributed by atoms with E-state index < -0.39 is 0 Å².